The highest BCUT2D eigenvalue weighted by Gasteiger charge is 2.55. The Balaban J connectivity index is 1.32. The number of anilines is 1. The maximum atomic E-state index is 12.9. The van der Waals surface area contributed by atoms with E-state index in [-0.39, 0.29) is 36.7 Å². The number of amides is 5. The Hall–Kier alpha value is -2.90. The average Bonchev–Trinajstić information content (AvgIpc) is 3.26. The highest BCUT2D eigenvalue weighted by molar-refractivity contribution is 6.09. The van der Waals surface area contributed by atoms with Crippen molar-refractivity contribution in [2.75, 3.05) is 18.0 Å². The van der Waals surface area contributed by atoms with Gasteiger partial charge in [0.15, 0.2) is 0 Å². The number of hydrogen-bond acceptors (Lipinski definition) is 4. The summed E-state index contributed by atoms with van der Waals surface area (Å²) < 4.78 is 0. The average molecular weight is 412 g/mol. The minimum atomic E-state index is -0.849. The van der Waals surface area contributed by atoms with Gasteiger partial charge in [-0.3, -0.25) is 19.3 Å². The van der Waals surface area contributed by atoms with Crippen LogP contribution in [0, 0.1) is 5.92 Å². The molecule has 0 aromatic heterocycles. The smallest absolute Gasteiger partial charge is 0.325 e. The second kappa shape index (κ2) is 8.08. The maximum absolute atomic E-state index is 12.9. The van der Waals surface area contributed by atoms with Crippen LogP contribution in [-0.4, -0.2) is 47.3 Å². The standard InChI is InChI=1S/C22H28N4O4/c1-15-5-2-3-11-22(15)20(29)26(21(30)24-22)14-18(27)23-13-16-7-9-17(10-8-16)25-12-4-6-19(25)28/h7-10,15H,2-6,11-14H2,1H3,(H,23,27)(H,24,30)/t15-,22-/m0/s1. The van der Waals surface area contributed by atoms with Gasteiger partial charge in [0.05, 0.1) is 0 Å². The molecule has 4 rings (SSSR count). The van der Waals surface area contributed by atoms with Gasteiger partial charge in [-0.15, -0.1) is 0 Å². The Bertz CT molecular complexity index is 868. The van der Waals surface area contributed by atoms with Gasteiger partial charge in [-0.2, -0.15) is 0 Å². The van der Waals surface area contributed by atoms with E-state index in [0.717, 1.165) is 48.4 Å². The Labute approximate surface area is 176 Å². The molecule has 1 aromatic carbocycles. The van der Waals surface area contributed by atoms with Gasteiger partial charge in [0.2, 0.25) is 11.8 Å². The quantitative estimate of drug-likeness (QED) is 0.722. The molecule has 1 spiro atoms. The molecule has 8 heteroatoms. The van der Waals surface area contributed by atoms with Crippen LogP contribution in [0.5, 0.6) is 0 Å². The number of carbonyl (C=O) groups is 4. The Morgan fingerprint density at radius 2 is 1.93 bits per heavy atom. The van der Waals surface area contributed by atoms with E-state index < -0.39 is 11.6 Å². The summed E-state index contributed by atoms with van der Waals surface area (Å²) >= 11 is 0. The third-order valence-electron chi connectivity index (χ3n) is 6.61. The molecule has 0 bridgehead atoms. The number of nitrogens with one attached hydrogen (secondary N) is 2. The number of imide groups is 1. The van der Waals surface area contributed by atoms with Crippen LogP contribution in [0.25, 0.3) is 0 Å². The molecule has 1 aliphatic carbocycles. The van der Waals surface area contributed by atoms with E-state index in [1.54, 1.807) is 4.90 Å². The van der Waals surface area contributed by atoms with Crippen molar-refractivity contribution in [1.29, 1.82) is 0 Å². The Kier molecular flexibility index (Phi) is 5.49. The first-order valence-electron chi connectivity index (χ1n) is 10.7. The molecule has 30 heavy (non-hydrogen) atoms. The van der Waals surface area contributed by atoms with Gasteiger partial charge < -0.3 is 15.5 Å². The van der Waals surface area contributed by atoms with E-state index in [2.05, 4.69) is 10.6 Å². The van der Waals surface area contributed by atoms with Crippen LogP contribution in [0.3, 0.4) is 0 Å². The number of nitrogens with zero attached hydrogens (tertiary/aromatic N) is 2. The largest absolute Gasteiger partial charge is 0.350 e. The molecule has 1 aromatic rings. The fourth-order valence-corrected chi connectivity index (χ4v) is 4.75. The molecule has 3 aliphatic rings. The summed E-state index contributed by atoms with van der Waals surface area (Å²) in [6.07, 6.45) is 4.93. The van der Waals surface area contributed by atoms with E-state index in [1.165, 1.54) is 0 Å². The lowest BCUT2D eigenvalue weighted by Crippen LogP contribution is -2.54. The van der Waals surface area contributed by atoms with Crippen molar-refractivity contribution in [2.24, 2.45) is 5.92 Å². The van der Waals surface area contributed by atoms with Crippen LogP contribution >= 0.6 is 0 Å². The van der Waals surface area contributed by atoms with E-state index >= 15 is 0 Å². The molecular weight excluding hydrogens is 384 g/mol. The van der Waals surface area contributed by atoms with E-state index in [9.17, 15) is 19.2 Å². The first-order valence-corrected chi connectivity index (χ1v) is 10.7. The van der Waals surface area contributed by atoms with Crippen molar-refractivity contribution in [3.05, 3.63) is 29.8 Å². The van der Waals surface area contributed by atoms with Crippen molar-refractivity contribution in [1.82, 2.24) is 15.5 Å². The molecule has 2 N–H and O–H groups in total. The van der Waals surface area contributed by atoms with Crippen molar-refractivity contribution in [3.63, 3.8) is 0 Å². The van der Waals surface area contributed by atoms with E-state index in [0.29, 0.717) is 12.8 Å². The molecule has 1 saturated carbocycles. The number of rotatable bonds is 5. The molecule has 2 heterocycles. The van der Waals surface area contributed by atoms with Crippen molar-refractivity contribution in [2.45, 2.75) is 57.5 Å². The maximum Gasteiger partial charge on any atom is 0.325 e. The predicted molar refractivity (Wildman–Crippen MR) is 110 cm³/mol. The second-order valence-electron chi connectivity index (χ2n) is 8.53. The van der Waals surface area contributed by atoms with Crippen molar-refractivity contribution >= 4 is 29.4 Å². The van der Waals surface area contributed by atoms with Gasteiger partial charge in [-0.05, 0) is 42.9 Å². The highest BCUT2D eigenvalue weighted by Crippen LogP contribution is 2.38. The van der Waals surface area contributed by atoms with Gasteiger partial charge in [0, 0.05) is 25.2 Å². The summed E-state index contributed by atoms with van der Waals surface area (Å²) in [7, 11) is 0. The zero-order valence-corrected chi connectivity index (χ0v) is 17.3. The molecule has 0 radical (unpaired) electrons. The molecule has 160 valence electrons. The normalized spacial score (nSPS) is 26.4. The van der Waals surface area contributed by atoms with Gasteiger partial charge in [-0.1, -0.05) is 31.9 Å². The van der Waals surface area contributed by atoms with Crippen molar-refractivity contribution in [3.8, 4) is 0 Å². The number of carbonyl (C=O) groups excluding carboxylic acids is 4. The molecular formula is C22H28N4O4. The number of hydrogen-bond donors (Lipinski definition) is 2. The van der Waals surface area contributed by atoms with Crippen molar-refractivity contribution < 1.29 is 19.2 Å². The lowest BCUT2D eigenvalue weighted by molar-refractivity contribution is -0.137. The summed E-state index contributed by atoms with van der Waals surface area (Å²) in [5.41, 5.74) is 0.894. The van der Waals surface area contributed by atoms with Gasteiger partial charge >= 0.3 is 6.03 Å². The second-order valence-corrected chi connectivity index (χ2v) is 8.53. The molecule has 3 fully saturated rings. The molecule has 2 atom stereocenters. The summed E-state index contributed by atoms with van der Waals surface area (Å²) in [5, 5.41) is 5.63. The zero-order chi connectivity index (χ0) is 21.3. The zero-order valence-electron chi connectivity index (χ0n) is 17.3. The third-order valence-corrected chi connectivity index (χ3v) is 6.61. The third kappa shape index (κ3) is 3.66. The number of urea groups is 1. The lowest BCUT2D eigenvalue weighted by atomic mass is 9.73. The van der Waals surface area contributed by atoms with Crippen LogP contribution in [0.4, 0.5) is 10.5 Å². The molecule has 2 aliphatic heterocycles. The minimum absolute atomic E-state index is 0.0664. The first kappa shape index (κ1) is 20.4. The number of benzene rings is 1. The van der Waals surface area contributed by atoms with Crippen LogP contribution in [-0.2, 0) is 20.9 Å². The summed E-state index contributed by atoms with van der Waals surface area (Å²) in [4.78, 5) is 52.4. The van der Waals surface area contributed by atoms with Gasteiger partial charge in [-0.25, -0.2) is 4.79 Å². The van der Waals surface area contributed by atoms with Gasteiger partial charge in [0.25, 0.3) is 5.91 Å². The summed E-state index contributed by atoms with van der Waals surface area (Å²) in [6, 6.07) is 7.00. The molecule has 5 amide bonds. The van der Waals surface area contributed by atoms with Crippen LogP contribution < -0.4 is 15.5 Å². The monoisotopic (exact) mass is 412 g/mol. The Morgan fingerprint density at radius 1 is 1.17 bits per heavy atom. The molecule has 8 nitrogen and oxygen atoms in total. The SMILES string of the molecule is C[C@H]1CCCC[C@]12NC(=O)N(CC(=O)NCc1ccc(N3CCCC3=O)cc1)C2=O. The Morgan fingerprint density at radius 3 is 2.60 bits per heavy atom. The predicted octanol–water partition coefficient (Wildman–Crippen LogP) is 1.93. The first-order chi connectivity index (χ1) is 14.4. The molecule has 2 saturated heterocycles. The van der Waals surface area contributed by atoms with E-state index in [4.69, 9.17) is 0 Å². The summed E-state index contributed by atoms with van der Waals surface area (Å²) in [5.74, 6) is -0.460. The fraction of sp³-hybridized carbons (Fsp3) is 0.545. The van der Waals surface area contributed by atoms with Crippen LogP contribution in [0.15, 0.2) is 24.3 Å². The lowest BCUT2D eigenvalue weighted by Gasteiger charge is -2.36. The highest BCUT2D eigenvalue weighted by atomic mass is 16.2. The van der Waals surface area contributed by atoms with Crippen LogP contribution in [0.2, 0.25) is 0 Å². The summed E-state index contributed by atoms with van der Waals surface area (Å²) in [6.45, 7) is 2.74. The van der Waals surface area contributed by atoms with E-state index in [1.807, 2.05) is 31.2 Å². The van der Waals surface area contributed by atoms with Gasteiger partial charge in [0.1, 0.15) is 12.1 Å². The minimum Gasteiger partial charge on any atom is -0.350 e. The fourth-order valence-electron chi connectivity index (χ4n) is 4.75. The van der Waals surface area contributed by atoms with Crippen LogP contribution in [0.1, 0.15) is 51.0 Å². The topological polar surface area (TPSA) is 98.8 Å². The molecule has 0 unspecified atom stereocenters.